The normalized spacial score (nSPS) is 10.9. The fourth-order valence-corrected chi connectivity index (χ4v) is 3.73. The molecular formula is C22H21ClN4O2. The number of aromatic amines is 1. The highest BCUT2D eigenvalue weighted by molar-refractivity contribution is 6.32. The molecule has 4 aromatic rings. The highest BCUT2D eigenvalue weighted by atomic mass is 35.5. The Morgan fingerprint density at radius 3 is 2.59 bits per heavy atom. The van der Waals surface area contributed by atoms with Crippen LogP contribution in [0.5, 0.6) is 11.5 Å². The van der Waals surface area contributed by atoms with Crippen molar-refractivity contribution in [3.63, 3.8) is 0 Å². The van der Waals surface area contributed by atoms with Gasteiger partial charge in [-0.05, 0) is 43.7 Å². The zero-order valence-corrected chi connectivity index (χ0v) is 17.4. The Hall–Kier alpha value is -3.25. The fourth-order valence-electron chi connectivity index (χ4n) is 3.42. The Labute approximate surface area is 174 Å². The lowest BCUT2D eigenvalue weighted by Crippen LogP contribution is -1.99. The van der Waals surface area contributed by atoms with Gasteiger partial charge in [-0.2, -0.15) is 5.10 Å². The topological polar surface area (TPSA) is 65.0 Å². The zero-order chi connectivity index (χ0) is 20.5. The number of methoxy groups -OCH3 is 2. The van der Waals surface area contributed by atoms with Gasteiger partial charge < -0.3 is 14.0 Å². The van der Waals surface area contributed by atoms with Crippen molar-refractivity contribution in [2.45, 2.75) is 13.8 Å². The van der Waals surface area contributed by atoms with E-state index in [2.05, 4.69) is 15.2 Å². The van der Waals surface area contributed by atoms with Crippen LogP contribution in [0.3, 0.4) is 0 Å². The molecule has 0 amide bonds. The van der Waals surface area contributed by atoms with Crippen molar-refractivity contribution < 1.29 is 9.47 Å². The van der Waals surface area contributed by atoms with Crippen molar-refractivity contribution in [2.75, 3.05) is 14.2 Å². The Morgan fingerprint density at radius 2 is 1.86 bits per heavy atom. The van der Waals surface area contributed by atoms with Crippen molar-refractivity contribution in [3.05, 3.63) is 65.1 Å². The lowest BCUT2D eigenvalue weighted by Gasteiger charge is -2.11. The summed E-state index contributed by atoms with van der Waals surface area (Å²) in [7, 11) is 3.25. The first-order valence-corrected chi connectivity index (χ1v) is 9.49. The minimum Gasteiger partial charge on any atom is -0.497 e. The number of rotatable bonds is 5. The maximum absolute atomic E-state index is 6.44. The molecule has 1 N–H and O–H groups in total. The van der Waals surface area contributed by atoms with Crippen LogP contribution < -0.4 is 9.47 Å². The van der Waals surface area contributed by atoms with Gasteiger partial charge in [-0.1, -0.05) is 23.7 Å². The van der Waals surface area contributed by atoms with E-state index < -0.39 is 0 Å². The van der Waals surface area contributed by atoms with Crippen LogP contribution in [0.25, 0.3) is 28.3 Å². The van der Waals surface area contributed by atoms with Crippen molar-refractivity contribution >= 4 is 11.6 Å². The van der Waals surface area contributed by atoms with Gasteiger partial charge in [0, 0.05) is 17.3 Å². The number of imidazole rings is 1. The summed E-state index contributed by atoms with van der Waals surface area (Å²) in [6.45, 7) is 4.05. The SMILES string of the molecule is COc1ccc(-c2cc(-c3ncn(-c4c(C)cccc4Cl)c3C)[nH]n2)c(OC)c1. The van der Waals surface area contributed by atoms with E-state index in [4.69, 9.17) is 21.1 Å². The molecule has 0 aliphatic rings. The molecule has 0 radical (unpaired) electrons. The van der Waals surface area contributed by atoms with Crippen molar-refractivity contribution in [1.29, 1.82) is 0 Å². The molecule has 4 rings (SSSR count). The first-order valence-electron chi connectivity index (χ1n) is 9.11. The summed E-state index contributed by atoms with van der Waals surface area (Å²) in [5.41, 5.74) is 6.25. The number of halogens is 1. The third kappa shape index (κ3) is 3.36. The van der Waals surface area contributed by atoms with Crippen molar-refractivity contribution in [2.24, 2.45) is 0 Å². The van der Waals surface area contributed by atoms with E-state index in [1.54, 1.807) is 20.5 Å². The second-order valence-electron chi connectivity index (χ2n) is 6.69. The monoisotopic (exact) mass is 408 g/mol. The maximum Gasteiger partial charge on any atom is 0.132 e. The van der Waals surface area contributed by atoms with E-state index in [1.807, 2.05) is 60.9 Å². The van der Waals surface area contributed by atoms with Crippen molar-refractivity contribution in [1.82, 2.24) is 19.7 Å². The second-order valence-corrected chi connectivity index (χ2v) is 7.09. The van der Waals surface area contributed by atoms with Crippen LogP contribution in [-0.2, 0) is 0 Å². The summed E-state index contributed by atoms with van der Waals surface area (Å²) in [5, 5.41) is 8.24. The molecule has 2 aromatic carbocycles. The fraction of sp³-hybridized carbons (Fsp3) is 0.182. The summed E-state index contributed by atoms with van der Waals surface area (Å²) >= 11 is 6.44. The minimum absolute atomic E-state index is 0.685. The highest BCUT2D eigenvalue weighted by Crippen LogP contribution is 2.35. The number of hydrogen-bond acceptors (Lipinski definition) is 4. The van der Waals surface area contributed by atoms with Crippen LogP contribution in [0.15, 0.2) is 48.8 Å². The third-order valence-corrected chi connectivity index (χ3v) is 5.26. The van der Waals surface area contributed by atoms with Crippen LogP contribution in [0, 0.1) is 13.8 Å². The van der Waals surface area contributed by atoms with E-state index in [0.717, 1.165) is 45.3 Å². The number of ether oxygens (including phenoxy) is 2. The molecule has 0 saturated heterocycles. The number of aromatic nitrogens is 4. The second kappa shape index (κ2) is 7.64. The number of nitrogens with one attached hydrogen (secondary N) is 1. The first kappa shape index (κ1) is 19.1. The summed E-state index contributed by atoms with van der Waals surface area (Å²) in [6.07, 6.45) is 1.79. The van der Waals surface area contributed by atoms with Crippen LogP contribution in [0.1, 0.15) is 11.3 Å². The van der Waals surface area contributed by atoms with Gasteiger partial charge in [0.25, 0.3) is 0 Å². The third-order valence-electron chi connectivity index (χ3n) is 4.95. The number of H-pyrrole nitrogens is 1. The number of hydrogen-bond donors (Lipinski definition) is 1. The van der Waals surface area contributed by atoms with E-state index in [1.165, 1.54) is 0 Å². The molecule has 0 spiro atoms. The smallest absolute Gasteiger partial charge is 0.132 e. The highest BCUT2D eigenvalue weighted by Gasteiger charge is 2.17. The Bertz CT molecular complexity index is 1160. The van der Waals surface area contributed by atoms with Gasteiger partial charge in [-0.3, -0.25) is 5.10 Å². The molecule has 148 valence electrons. The lowest BCUT2D eigenvalue weighted by atomic mass is 10.1. The Morgan fingerprint density at radius 1 is 1.03 bits per heavy atom. The molecule has 0 saturated carbocycles. The molecule has 0 unspecified atom stereocenters. The number of para-hydroxylation sites is 1. The number of nitrogens with zero attached hydrogens (tertiary/aromatic N) is 3. The van der Waals surface area contributed by atoms with Crippen LogP contribution >= 0.6 is 11.6 Å². The van der Waals surface area contributed by atoms with E-state index in [9.17, 15) is 0 Å². The molecule has 0 bridgehead atoms. The number of benzene rings is 2. The van der Waals surface area contributed by atoms with Gasteiger partial charge in [0.05, 0.1) is 36.3 Å². The van der Waals surface area contributed by atoms with Crippen molar-refractivity contribution in [3.8, 4) is 39.8 Å². The molecule has 29 heavy (non-hydrogen) atoms. The molecule has 0 aliphatic heterocycles. The Balaban J connectivity index is 1.74. The van der Waals surface area contributed by atoms with Gasteiger partial charge >= 0.3 is 0 Å². The average Bonchev–Trinajstić information content (AvgIpc) is 3.34. The Kier molecular flexibility index (Phi) is 5.03. The van der Waals surface area contributed by atoms with E-state index in [-0.39, 0.29) is 0 Å². The van der Waals surface area contributed by atoms with Gasteiger partial charge in [0.2, 0.25) is 0 Å². The molecule has 7 heteroatoms. The predicted molar refractivity (Wildman–Crippen MR) is 114 cm³/mol. The van der Waals surface area contributed by atoms with E-state index in [0.29, 0.717) is 10.8 Å². The predicted octanol–water partition coefficient (Wildman–Crippen LogP) is 5.22. The van der Waals surface area contributed by atoms with Gasteiger partial charge in [-0.15, -0.1) is 0 Å². The molecule has 0 atom stereocenters. The maximum atomic E-state index is 6.44. The van der Waals surface area contributed by atoms with Gasteiger partial charge in [-0.25, -0.2) is 4.98 Å². The average molecular weight is 409 g/mol. The molecule has 0 aliphatic carbocycles. The lowest BCUT2D eigenvalue weighted by molar-refractivity contribution is 0.395. The quantitative estimate of drug-likeness (QED) is 0.492. The first-order chi connectivity index (χ1) is 14.0. The standard InChI is InChI=1S/C22H21ClN4O2/c1-13-6-5-7-17(23)22(13)27-12-24-21(14(27)2)19-11-18(25-26-19)16-9-8-15(28-3)10-20(16)29-4/h5-12H,1-4H3,(H,25,26). The number of aryl methyl sites for hydroxylation is 1. The summed E-state index contributed by atoms with van der Waals surface area (Å²) in [5.74, 6) is 1.42. The molecule has 2 aromatic heterocycles. The van der Waals surface area contributed by atoms with Gasteiger partial charge in [0.1, 0.15) is 23.5 Å². The zero-order valence-electron chi connectivity index (χ0n) is 16.7. The molecular weight excluding hydrogens is 388 g/mol. The van der Waals surface area contributed by atoms with Gasteiger partial charge in [0.15, 0.2) is 0 Å². The minimum atomic E-state index is 0.685. The van der Waals surface area contributed by atoms with Crippen LogP contribution in [-0.4, -0.2) is 34.0 Å². The van der Waals surface area contributed by atoms with Crippen LogP contribution in [0.2, 0.25) is 5.02 Å². The summed E-state index contributed by atoms with van der Waals surface area (Å²) in [6, 6.07) is 13.5. The molecule has 0 fully saturated rings. The largest absolute Gasteiger partial charge is 0.497 e. The van der Waals surface area contributed by atoms with E-state index >= 15 is 0 Å². The summed E-state index contributed by atoms with van der Waals surface area (Å²) < 4.78 is 12.8. The summed E-state index contributed by atoms with van der Waals surface area (Å²) in [4.78, 5) is 4.60. The van der Waals surface area contributed by atoms with Crippen LogP contribution in [0.4, 0.5) is 0 Å². The molecule has 6 nitrogen and oxygen atoms in total. The molecule has 2 heterocycles.